The van der Waals surface area contributed by atoms with Gasteiger partial charge in [-0.1, -0.05) is 96.3 Å². The third-order valence-electron chi connectivity index (χ3n) is 4.80. The summed E-state index contributed by atoms with van der Waals surface area (Å²) in [5.41, 5.74) is 5.76. The molecule has 0 aliphatic heterocycles. The van der Waals surface area contributed by atoms with E-state index in [9.17, 15) is 0 Å². The average Bonchev–Trinajstić information content (AvgIpc) is 2.41. The standard InChI is InChI=1S/C18H37N/c19-17-16-18-14-12-10-8-6-4-2-1-3-5-7-9-11-13-15-18/h18H,1-17,19H2. The van der Waals surface area contributed by atoms with Gasteiger partial charge in [0.25, 0.3) is 0 Å². The van der Waals surface area contributed by atoms with Gasteiger partial charge in [-0.25, -0.2) is 0 Å². The maximum absolute atomic E-state index is 5.76. The average molecular weight is 268 g/mol. The van der Waals surface area contributed by atoms with Crippen LogP contribution in [0.25, 0.3) is 0 Å². The predicted octanol–water partition coefficient (Wildman–Crippen LogP) is 5.82. The summed E-state index contributed by atoms with van der Waals surface area (Å²) in [5.74, 6) is 0.929. The van der Waals surface area contributed by atoms with E-state index in [0.29, 0.717) is 0 Å². The van der Waals surface area contributed by atoms with E-state index in [2.05, 4.69) is 0 Å². The largest absolute Gasteiger partial charge is 0.330 e. The number of hydrogen-bond acceptors (Lipinski definition) is 1. The molecule has 1 fully saturated rings. The third kappa shape index (κ3) is 10.4. The molecule has 0 amide bonds. The highest BCUT2D eigenvalue weighted by atomic mass is 14.5. The normalized spacial score (nSPS) is 23.2. The molecule has 1 aliphatic carbocycles. The smallest absolute Gasteiger partial charge is 0.00746 e. The van der Waals surface area contributed by atoms with Gasteiger partial charge in [0.15, 0.2) is 0 Å². The lowest BCUT2D eigenvalue weighted by molar-refractivity contribution is 0.382. The summed E-state index contributed by atoms with van der Waals surface area (Å²) in [6, 6.07) is 0. The molecule has 1 aliphatic rings. The van der Waals surface area contributed by atoms with Crippen LogP contribution in [0.4, 0.5) is 0 Å². The van der Waals surface area contributed by atoms with Gasteiger partial charge in [-0.2, -0.15) is 0 Å². The molecule has 0 bridgehead atoms. The quantitative estimate of drug-likeness (QED) is 0.670. The van der Waals surface area contributed by atoms with Gasteiger partial charge in [-0.3, -0.25) is 0 Å². The van der Waals surface area contributed by atoms with Crippen LogP contribution in [0.1, 0.15) is 103 Å². The van der Waals surface area contributed by atoms with Gasteiger partial charge in [-0.05, 0) is 18.9 Å². The van der Waals surface area contributed by atoms with Crippen LogP contribution in [-0.2, 0) is 0 Å². The lowest BCUT2D eigenvalue weighted by Gasteiger charge is -2.16. The fraction of sp³-hybridized carbons (Fsp3) is 1.00. The highest BCUT2D eigenvalue weighted by Crippen LogP contribution is 2.22. The van der Waals surface area contributed by atoms with Crippen LogP contribution in [0.15, 0.2) is 0 Å². The van der Waals surface area contributed by atoms with Crippen LogP contribution in [0, 0.1) is 5.92 Å². The second-order valence-electron chi connectivity index (χ2n) is 6.62. The molecule has 0 saturated heterocycles. The van der Waals surface area contributed by atoms with Gasteiger partial charge in [0.2, 0.25) is 0 Å². The van der Waals surface area contributed by atoms with Crippen molar-refractivity contribution in [2.75, 3.05) is 6.54 Å². The Morgan fingerprint density at radius 1 is 0.526 bits per heavy atom. The summed E-state index contributed by atoms with van der Waals surface area (Å²) >= 11 is 0. The summed E-state index contributed by atoms with van der Waals surface area (Å²) in [4.78, 5) is 0. The number of nitrogens with two attached hydrogens (primary N) is 1. The molecular weight excluding hydrogens is 230 g/mol. The molecule has 1 saturated carbocycles. The molecule has 0 aromatic heterocycles. The van der Waals surface area contributed by atoms with Crippen molar-refractivity contribution in [2.45, 2.75) is 103 Å². The van der Waals surface area contributed by atoms with E-state index >= 15 is 0 Å². The van der Waals surface area contributed by atoms with Crippen LogP contribution in [-0.4, -0.2) is 6.54 Å². The molecule has 0 heterocycles. The zero-order valence-electron chi connectivity index (χ0n) is 13.2. The molecule has 19 heavy (non-hydrogen) atoms. The first kappa shape index (κ1) is 17.0. The Kier molecular flexibility index (Phi) is 11.6. The van der Waals surface area contributed by atoms with Crippen molar-refractivity contribution in [3.05, 3.63) is 0 Å². The van der Waals surface area contributed by atoms with Crippen LogP contribution in [0.2, 0.25) is 0 Å². The number of rotatable bonds is 2. The van der Waals surface area contributed by atoms with E-state index in [1.807, 2.05) is 0 Å². The Morgan fingerprint density at radius 2 is 0.842 bits per heavy atom. The lowest BCUT2D eigenvalue weighted by Crippen LogP contribution is -2.09. The van der Waals surface area contributed by atoms with Gasteiger partial charge >= 0.3 is 0 Å². The van der Waals surface area contributed by atoms with Gasteiger partial charge < -0.3 is 5.73 Å². The summed E-state index contributed by atoms with van der Waals surface area (Å²) < 4.78 is 0. The first-order valence-electron chi connectivity index (χ1n) is 9.13. The van der Waals surface area contributed by atoms with Crippen molar-refractivity contribution in [2.24, 2.45) is 11.7 Å². The third-order valence-corrected chi connectivity index (χ3v) is 4.80. The minimum atomic E-state index is 0.894. The van der Waals surface area contributed by atoms with Gasteiger partial charge in [0.1, 0.15) is 0 Å². The molecule has 0 atom stereocenters. The maximum atomic E-state index is 5.76. The molecule has 0 radical (unpaired) electrons. The van der Waals surface area contributed by atoms with E-state index in [1.54, 1.807) is 0 Å². The van der Waals surface area contributed by atoms with Crippen LogP contribution in [0.3, 0.4) is 0 Å². The predicted molar refractivity (Wildman–Crippen MR) is 86.4 cm³/mol. The molecule has 0 spiro atoms. The second-order valence-corrected chi connectivity index (χ2v) is 6.62. The van der Waals surface area contributed by atoms with Crippen molar-refractivity contribution in [3.8, 4) is 0 Å². The Balaban J connectivity index is 2.19. The van der Waals surface area contributed by atoms with Crippen molar-refractivity contribution < 1.29 is 0 Å². The Hall–Kier alpha value is -0.0400. The van der Waals surface area contributed by atoms with Crippen LogP contribution < -0.4 is 5.73 Å². The summed E-state index contributed by atoms with van der Waals surface area (Å²) in [7, 11) is 0. The van der Waals surface area contributed by atoms with E-state index in [-0.39, 0.29) is 0 Å². The van der Waals surface area contributed by atoms with Crippen molar-refractivity contribution in [1.29, 1.82) is 0 Å². The summed E-state index contributed by atoms with van der Waals surface area (Å²) in [6.07, 6.45) is 23.3. The van der Waals surface area contributed by atoms with Crippen molar-refractivity contribution in [1.82, 2.24) is 0 Å². The van der Waals surface area contributed by atoms with Crippen molar-refractivity contribution >= 4 is 0 Å². The monoisotopic (exact) mass is 267 g/mol. The lowest BCUT2D eigenvalue weighted by atomic mass is 9.91. The molecule has 0 aromatic rings. The van der Waals surface area contributed by atoms with E-state index < -0.39 is 0 Å². The van der Waals surface area contributed by atoms with E-state index in [4.69, 9.17) is 5.73 Å². The Labute approximate surface area is 121 Å². The number of hydrogen-bond donors (Lipinski definition) is 1. The SMILES string of the molecule is NCCC1CCCCCCCCCCCCCCC1. The fourth-order valence-corrected chi connectivity index (χ4v) is 3.48. The summed E-state index contributed by atoms with van der Waals surface area (Å²) in [5, 5.41) is 0. The Morgan fingerprint density at radius 3 is 1.16 bits per heavy atom. The second kappa shape index (κ2) is 13.0. The zero-order valence-corrected chi connectivity index (χ0v) is 13.2. The summed E-state index contributed by atoms with van der Waals surface area (Å²) in [6.45, 7) is 0.894. The van der Waals surface area contributed by atoms with E-state index in [0.717, 1.165) is 12.5 Å². The molecule has 1 nitrogen and oxygen atoms in total. The van der Waals surface area contributed by atoms with Gasteiger partial charge in [0, 0.05) is 0 Å². The molecule has 0 aromatic carbocycles. The Bertz CT molecular complexity index is 163. The molecular formula is C18H37N. The van der Waals surface area contributed by atoms with Crippen LogP contribution >= 0.6 is 0 Å². The molecule has 1 rings (SSSR count). The molecule has 114 valence electrons. The van der Waals surface area contributed by atoms with Gasteiger partial charge in [-0.15, -0.1) is 0 Å². The molecule has 1 heteroatoms. The molecule has 2 N–H and O–H groups in total. The van der Waals surface area contributed by atoms with E-state index in [1.165, 1.54) is 103 Å². The van der Waals surface area contributed by atoms with Crippen molar-refractivity contribution in [3.63, 3.8) is 0 Å². The van der Waals surface area contributed by atoms with Crippen LogP contribution in [0.5, 0.6) is 0 Å². The topological polar surface area (TPSA) is 26.0 Å². The first-order valence-corrected chi connectivity index (χ1v) is 9.13. The first-order chi connectivity index (χ1) is 9.43. The molecule has 0 unspecified atom stereocenters. The fourth-order valence-electron chi connectivity index (χ4n) is 3.48. The minimum absolute atomic E-state index is 0.894. The minimum Gasteiger partial charge on any atom is -0.330 e. The maximum Gasteiger partial charge on any atom is -0.00746 e. The van der Waals surface area contributed by atoms with Gasteiger partial charge in [0.05, 0.1) is 0 Å². The highest BCUT2D eigenvalue weighted by Gasteiger charge is 2.07. The highest BCUT2D eigenvalue weighted by molar-refractivity contribution is 4.62. The zero-order chi connectivity index (χ0) is 13.6.